The first-order valence-corrected chi connectivity index (χ1v) is 5.20. The molecule has 0 heterocycles. The van der Waals surface area contributed by atoms with Crippen molar-refractivity contribution in [1.82, 2.24) is 0 Å². The van der Waals surface area contributed by atoms with Crippen LogP contribution in [0.2, 0.25) is 0 Å². The van der Waals surface area contributed by atoms with Crippen molar-refractivity contribution in [2.45, 2.75) is 18.8 Å². The first-order chi connectivity index (χ1) is 6.76. The Bertz CT molecular complexity index is 278. The van der Waals surface area contributed by atoms with E-state index < -0.39 is 0 Å². The van der Waals surface area contributed by atoms with Crippen LogP contribution in [0.25, 0.3) is 0 Å². The minimum atomic E-state index is 0.311. The van der Waals surface area contributed by atoms with E-state index in [1.807, 2.05) is 18.2 Å². The second-order valence-electron chi connectivity index (χ2n) is 3.33. The molecule has 2 nitrogen and oxygen atoms in total. The SMILES string of the molecule is COCC(C)Nc1cccc(CCl)c1. The lowest BCUT2D eigenvalue weighted by Gasteiger charge is -2.14. The molecule has 1 aromatic rings. The summed E-state index contributed by atoms with van der Waals surface area (Å²) in [6.07, 6.45) is 0. The van der Waals surface area contributed by atoms with E-state index in [-0.39, 0.29) is 0 Å². The molecular weight excluding hydrogens is 198 g/mol. The van der Waals surface area contributed by atoms with Gasteiger partial charge >= 0.3 is 0 Å². The number of halogens is 1. The van der Waals surface area contributed by atoms with Gasteiger partial charge in [0.1, 0.15) is 0 Å². The molecule has 78 valence electrons. The van der Waals surface area contributed by atoms with Crippen LogP contribution in [0.4, 0.5) is 5.69 Å². The van der Waals surface area contributed by atoms with Crippen molar-refractivity contribution in [2.24, 2.45) is 0 Å². The van der Waals surface area contributed by atoms with E-state index in [0.29, 0.717) is 18.5 Å². The number of nitrogens with one attached hydrogen (secondary N) is 1. The Morgan fingerprint density at radius 1 is 1.50 bits per heavy atom. The largest absolute Gasteiger partial charge is 0.383 e. The van der Waals surface area contributed by atoms with Gasteiger partial charge in [-0.15, -0.1) is 11.6 Å². The number of hydrogen-bond donors (Lipinski definition) is 1. The molecule has 1 atom stereocenters. The van der Waals surface area contributed by atoms with Gasteiger partial charge in [-0.1, -0.05) is 12.1 Å². The summed E-state index contributed by atoms with van der Waals surface area (Å²) in [5.74, 6) is 0.550. The summed E-state index contributed by atoms with van der Waals surface area (Å²) in [5, 5.41) is 3.33. The van der Waals surface area contributed by atoms with Crippen LogP contribution in [0.3, 0.4) is 0 Å². The van der Waals surface area contributed by atoms with Crippen LogP contribution in [0.5, 0.6) is 0 Å². The zero-order valence-corrected chi connectivity index (χ0v) is 9.34. The van der Waals surface area contributed by atoms with Crippen LogP contribution in [-0.4, -0.2) is 19.8 Å². The summed E-state index contributed by atoms with van der Waals surface area (Å²) in [7, 11) is 1.70. The molecule has 0 spiro atoms. The van der Waals surface area contributed by atoms with Crippen LogP contribution in [0.1, 0.15) is 12.5 Å². The number of methoxy groups -OCH3 is 1. The smallest absolute Gasteiger partial charge is 0.0661 e. The van der Waals surface area contributed by atoms with E-state index in [4.69, 9.17) is 16.3 Å². The van der Waals surface area contributed by atoms with Gasteiger partial charge in [0, 0.05) is 24.7 Å². The van der Waals surface area contributed by atoms with Crippen molar-refractivity contribution in [2.75, 3.05) is 19.0 Å². The molecule has 0 bridgehead atoms. The van der Waals surface area contributed by atoms with E-state index in [1.165, 1.54) is 0 Å². The fourth-order valence-corrected chi connectivity index (χ4v) is 1.49. The molecule has 0 fully saturated rings. The van der Waals surface area contributed by atoms with Gasteiger partial charge < -0.3 is 10.1 Å². The molecular formula is C11H16ClNO. The van der Waals surface area contributed by atoms with Crippen LogP contribution >= 0.6 is 11.6 Å². The van der Waals surface area contributed by atoms with E-state index in [2.05, 4.69) is 18.3 Å². The highest BCUT2D eigenvalue weighted by atomic mass is 35.5. The van der Waals surface area contributed by atoms with Crippen molar-refractivity contribution in [1.29, 1.82) is 0 Å². The monoisotopic (exact) mass is 213 g/mol. The molecule has 14 heavy (non-hydrogen) atoms. The molecule has 0 aliphatic heterocycles. The summed E-state index contributed by atoms with van der Waals surface area (Å²) in [4.78, 5) is 0. The van der Waals surface area contributed by atoms with Crippen molar-refractivity contribution < 1.29 is 4.74 Å². The standard InChI is InChI=1S/C11H16ClNO/c1-9(8-14-2)13-11-5-3-4-10(6-11)7-12/h3-6,9,13H,7-8H2,1-2H3. The van der Waals surface area contributed by atoms with E-state index in [9.17, 15) is 0 Å². The molecule has 1 rings (SSSR count). The fraction of sp³-hybridized carbons (Fsp3) is 0.455. The molecule has 0 saturated carbocycles. The first kappa shape index (κ1) is 11.3. The lowest BCUT2D eigenvalue weighted by Crippen LogP contribution is -2.20. The Labute approximate surface area is 90.2 Å². The third kappa shape index (κ3) is 3.56. The third-order valence-corrected chi connectivity index (χ3v) is 2.22. The molecule has 0 saturated heterocycles. The van der Waals surface area contributed by atoms with Gasteiger partial charge in [0.25, 0.3) is 0 Å². The van der Waals surface area contributed by atoms with E-state index in [0.717, 1.165) is 11.3 Å². The number of alkyl halides is 1. The minimum Gasteiger partial charge on any atom is -0.383 e. The Morgan fingerprint density at radius 2 is 2.29 bits per heavy atom. The lowest BCUT2D eigenvalue weighted by molar-refractivity contribution is 0.190. The molecule has 1 N–H and O–H groups in total. The van der Waals surface area contributed by atoms with Gasteiger partial charge in [0.05, 0.1) is 6.61 Å². The van der Waals surface area contributed by atoms with Gasteiger partial charge in [-0.2, -0.15) is 0 Å². The Kier molecular flexibility index (Phi) is 4.77. The number of rotatable bonds is 5. The number of ether oxygens (including phenoxy) is 1. The topological polar surface area (TPSA) is 21.3 Å². The van der Waals surface area contributed by atoms with Crippen molar-refractivity contribution in [3.63, 3.8) is 0 Å². The summed E-state index contributed by atoms with van der Waals surface area (Å²) < 4.78 is 5.04. The predicted octanol–water partition coefficient (Wildman–Crippen LogP) is 2.87. The normalized spacial score (nSPS) is 12.5. The Hall–Kier alpha value is -0.730. The molecule has 0 aliphatic rings. The first-order valence-electron chi connectivity index (χ1n) is 4.66. The summed E-state index contributed by atoms with van der Waals surface area (Å²) in [5.41, 5.74) is 2.22. The van der Waals surface area contributed by atoms with Crippen LogP contribution in [0, 0.1) is 0 Å². The van der Waals surface area contributed by atoms with Gasteiger partial charge in [-0.3, -0.25) is 0 Å². The maximum Gasteiger partial charge on any atom is 0.0661 e. The van der Waals surface area contributed by atoms with Crippen LogP contribution < -0.4 is 5.32 Å². The number of anilines is 1. The predicted molar refractivity (Wildman–Crippen MR) is 61.0 cm³/mol. The summed E-state index contributed by atoms with van der Waals surface area (Å²) in [6.45, 7) is 2.78. The summed E-state index contributed by atoms with van der Waals surface area (Å²) >= 11 is 5.74. The molecule has 0 aromatic heterocycles. The second kappa shape index (κ2) is 5.89. The van der Waals surface area contributed by atoms with Crippen LogP contribution in [-0.2, 0) is 10.6 Å². The fourth-order valence-electron chi connectivity index (χ4n) is 1.32. The van der Waals surface area contributed by atoms with E-state index in [1.54, 1.807) is 7.11 Å². The van der Waals surface area contributed by atoms with Crippen LogP contribution in [0.15, 0.2) is 24.3 Å². The zero-order valence-electron chi connectivity index (χ0n) is 8.59. The highest BCUT2D eigenvalue weighted by molar-refractivity contribution is 6.17. The highest BCUT2D eigenvalue weighted by Gasteiger charge is 2.01. The maximum atomic E-state index is 5.74. The van der Waals surface area contributed by atoms with Crippen molar-refractivity contribution >= 4 is 17.3 Å². The summed E-state index contributed by atoms with van der Waals surface area (Å²) in [6, 6.07) is 8.41. The zero-order chi connectivity index (χ0) is 10.4. The highest BCUT2D eigenvalue weighted by Crippen LogP contribution is 2.13. The lowest BCUT2D eigenvalue weighted by atomic mass is 10.2. The maximum absolute atomic E-state index is 5.74. The average molecular weight is 214 g/mol. The minimum absolute atomic E-state index is 0.311. The third-order valence-electron chi connectivity index (χ3n) is 1.91. The molecule has 0 amide bonds. The van der Waals surface area contributed by atoms with Gasteiger partial charge in [0.15, 0.2) is 0 Å². The molecule has 1 unspecified atom stereocenters. The quantitative estimate of drug-likeness (QED) is 0.760. The number of benzene rings is 1. The molecule has 0 radical (unpaired) electrons. The molecule has 0 aliphatic carbocycles. The van der Waals surface area contributed by atoms with E-state index >= 15 is 0 Å². The Balaban J connectivity index is 2.57. The Morgan fingerprint density at radius 3 is 2.93 bits per heavy atom. The van der Waals surface area contributed by atoms with Gasteiger partial charge in [0.2, 0.25) is 0 Å². The van der Waals surface area contributed by atoms with Crippen molar-refractivity contribution in [3.05, 3.63) is 29.8 Å². The van der Waals surface area contributed by atoms with Gasteiger partial charge in [-0.05, 0) is 24.6 Å². The molecule has 3 heteroatoms. The second-order valence-corrected chi connectivity index (χ2v) is 3.60. The van der Waals surface area contributed by atoms with Gasteiger partial charge in [-0.25, -0.2) is 0 Å². The van der Waals surface area contributed by atoms with Crippen molar-refractivity contribution in [3.8, 4) is 0 Å². The number of hydrogen-bond acceptors (Lipinski definition) is 2. The molecule has 1 aromatic carbocycles. The average Bonchev–Trinajstić information content (AvgIpc) is 2.18.